The number of alkyl halides is 3. The Morgan fingerprint density at radius 3 is 2.60 bits per heavy atom. The van der Waals surface area contributed by atoms with E-state index < -0.39 is 29.4 Å². The smallest absolute Gasteiger partial charge is 0.420 e. The van der Waals surface area contributed by atoms with Crippen molar-refractivity contribution >= 4 is 24.0 Å². The van der Waals surface area contributed by atoms with Crippen molar-refractivity contribution in [2.45, 2.75) is 12.2 Å². The number of amides is 1. The molecule has 0 saturated carbocycles. The minimum Gasteiger partial charge on any atom is -0.507 e. The highest BCUT2D eigenvalue weighted by Crippen LogP contribution is 2.37. The summed E-state index contributed by atoms with van der Waals surface area (Å²) in [6, 6.07) is 1.63. The summed E-state index contributed by atoms with van der Waals surface area (Å²) in [6.07, 6.45) is -4.71. The molecule has 114 valence electrons. The zero-order valence-electron chi connectivity index (χ0n) is 10.4. The molecule has 0 aliphatic carbocycles. The van der Waals surface area contributed by atoms with Crippen LogP contribution in [0.4, 0.5) is 18.9 Å². The number of aromatic hydroxyl groups is 1. The molecule has 1 unspecified atom stereocenters. The van der Waals surface area contributed by atoms with E-state index in [-0.39, 0.29) is 24.7 Å². The second-order valence-electron chi connectivity index (χ2n) is 3.78. The number of anilines is 1. The topological polar surface area (TPSA) is 84.6 Å². The van der Waals surface area contributed by atoms with Gasteiger partial charge in [0.25, 0.3) is 0 Å². The van der Waals surface area contributed by atoms with Crippen molar-refractivity contribution < 1.29 is 27.8 Å². The van der Waals surface area contributed by atoms with Crippen LogP contribution in [0.2, 0.25) is 0 Å². The number of hydrogen-bond donors (Lipinski definition) is 3. The minimum absolute atomic E-state index is 0. The van der Waals surface area contributed by atoms with Crippen LogP contribution in [-0.4, -0.2) is 30.8 Å². The van der Waals surface area contributed by atoms with Gasteiger partial charge in [-0.1, -0.05) is 0 Å². The summed E-state index contributed by atoms with van der Waals surface area (Å²) in [4.78, 5) is 11.5. The monoisotopic (exact) mass is 314 g/mol. The van der Waals surface area contributed by atoms with Gasteiger partial charge in [0.15, 0.2) is 0 Å². The molecule has 9 heteroatoms. The van der Waals surface area contributed by atoms with E-state index in [9.17, 15) is 18.0 Å². The van der Waals surface area contributed by atoms with Gasteiger partial charge >= 0.3 is 6.18 Å². The van der Waals surface area contributed by atoms with E-state index in [0.717, 1.165) is 12.1 Å². The first-order chi connectivity index (χ1) is 8.75. The van der Waals surface area contributed by atoms with Crippen molar-refractivity contribution in [3.8, 4) is 5.75 Å². The Morgan fingerprint density at radius 2 is 2.10 bits per heavy atom. The van der Waals surface area contributed by atoms with Gasteiger partial charge in [-0.05, 0) is 18.2 Å². The third-order valence-electron chi connectivity index (χ3n) is 2.25. The van der Waals surface area contributed by atoms with Crippen molar-refractivity contribution in [3.05, 3.63) is 23.8 Å². The van der Waals surface area contributed by atoms with Crippen LogP contribution in [-0.2, 0) is 15.7 Å². The molecule has 0 heterocycles. The lowest BCUT2D eigenvalue weighted by Gasteiger charge is -2.14. The number of rotatable bonds is 4. The second-order valence-corrected chi connectivity index (χ2v) is 3.78. The van der Waals surface area contributed by atoms with Crippen molar-refractivity contribution in [1.29, 1.82) is 0 Å². The number of hydrogen-bond acceptors (Lipinski definition) is 4. The SMILES string of the molecule is COCC(N)C(=O)Nc1ccc(O)c(C(F)(F)F)c1.Cl. The highest BCUT2D eigenvalue weighted by Gasteiger charge is 2.34. The molecule has 1 rings (SSSR count). The van der Waals surface area contributed by atoms with Gasteiger partial charge in [-0.25, -0.2) is 0 Å². The van der Waals surface area contributed by atoms with E-state index in [1.807, 2.05) is 0 Å². The molecule has 0 spiro atoms. The van der Waals surface area contributed by atoms with E-state index >= 15 is 0 Å². The molecule has 0 fully saturated rings. The Kier molecular flexibility index (Phi) is 6.77. The number of methoxy groups -OCH3 is 1. The second kappa shape index (κ2) is 7.32. The van der Waals surface area contributed by atoms with Crippen LogP contribution in [0.3, 0.4) is 0 Å². The van der Waals surface area contributed by atoms with Gasteiger partial charge in [-0.15, -0.1) is 12.4 Å². The third-order valence-corrected chi connectivity index (χ3v) is 2.25. The van der Waals surface area contributed by atoms with E-state index in [0.29, 0.717) is 6.07 Å². The van der Waals surface area contributed by atoms with E-state index in [1.54, 1.807) is 0 Å². The summed E-state index contributed by atoms with van der Waals surface area (Å²) < 4.78 is 42.2. The maximum absolute atomic E-state index is 12.5. The number of carbonyl (C=O) groups is 1. The Hall–Kier alpha value is -1.51. The average Bonchev–Trinajstić information content (AvgIpc) is 2.30. The van der Waals surface area contributed by atoms with Gasteiger partial charge in [0.2, 0.25) is 5.91 Å². The molecular weight excluding hydrogens is 301 g/mol. The average molecular weight is 315 g/mol. The molecule has 0 bridgehead atoms. The molecule has 1 aromatic carbocycles. The van der Waals surface area contributed by atoms with Gasteiger partial charge in [0, 0.05) is 12.8 Å². The summed E-state index contributed by atoms with van der Waals surface area (Å²) in [6.45, 7) is -0.0595. The number of phenolic OH excluding ortho intramolecular Hbond substituents is 1. The predicted molar refractivity (Wildman–Crippen MR) is 68.8 cm³/mol. The molecule has 5 nitrogen and oxygen atoms in total. The van der Waals surface area contributed by atoms with Crippen LogP contribution in [0.15, 0.2) is 18.2 Å². The summed E-state index contributed by atoms with van der Waals surface area (Å²) in [5, 5.41) is 11.3. The minimum atomic E-state index is -4.71. The Labute approximate surface area is 119 Å². The fraction of sp³-hybridized carbons (Fsp3) is 0.364. The van der Waals surface area contributed by atoms with Crippen LogP contribution in [0.25, 0.3) is 0 Å². The molecule has 0 aliphatic heterocycles. The Morgan fingerprint density at radius 1 is 1.50 bits per heavy atom. The summed E-state index contributed by atoms with van der Waals surface area (Å²) >= 11 is 0. The molecule has 1 aromatic rings. The number of halogens is 4. The number of nitrogens with one attached hydrogen (secondary N) is 1. The predicted octanol–water partition coefficient (Wildman–Crippen LogP) is 1.75. The quantitative estimate of drug-likeness (QED) is 0.739. The Bertz CT molecular complexity index is 469. The lowest BCUT2D eigenvalue weighted by Crippen LogP contribution is -2.39. The van der Waals surface area contributed by atoms with Crippen molar-refractivity contribution in [2.75, 3.05) is 19.0 Å². The summed E-state index contributed by atoms with van der Waals surface area (Å²) in [5.74, 6) is -1.59. The zero-order chi connectivity index (χ0) is 14.6. The van der Waals surface area contributed by atoms with E-state index in [4.69, 9.17) is 10.8 Å². The molecule has 0 radical (unpaired) electrons. The number of phenols is 1. The summed E-state index contributed by atoms with van der Waals surface area (Å²) in [5.41, 5.74) is 4.08. The highest BCUT2D eigenvalue weighted by molar-refractivity contribution is 5.94. The van der Waals surface area contributed by atoms with E-state index in [1.165, 1.54) is 7.11 Å². The van der Waals surface area contributed by atoms with Gasteiger partial charge in [-0.3, -0.25) is 4.79 Å². The molecule has 0 saturated heterocycles. The van der Waals surface area contributed by atoms with Crippen molar-refractivity contribution in [3.63, 3.8) is 0 Å². The molecule has 1 amide bonds. The lowest BCUT2D eigenvalue weighted by atomic mass is 10.1. The van der Waals surface area contributed by atoms with Crippen LogP contribution < -0.4 is 11.1 Å². The van der Waals surface area contributed by atoms with Crippen LogP contribution in [0.5, 0.6) is 5.75 Å². The first-order valence-corrected chi connectivity index (χ1v) is 5.21. The zero-order valence-corrected chi connectivity index (χ0v) is 11.2. The lowest BCUT2D eigenvalue weighted by molar-refractivity contribution is -0.138. The van der Waals surface area contributed by atoms with Crippen LogP contribution in [0, 0.1) is 0 Å². The standard InChI is InChI=1S/C11H13F3N2O3.ClH/c1-19-5-8(15)10(18)16-6-2-3-9(17)7(4-6)11(12,13)14;/h2-4,8,17H,5,15H2,1H3,(H,16,18);1H. The largest absolute Gasteiger partial charge is 0.507 e. The molecule has 4 N–H and O–H groups in total. The fourth-order valence-corrected chi connectivity index (χ4v) is 1.33. The van der Waals surface area contributed by atoms with E-state index in [2.05, 4.69) is 10.1 Å². The normalized spacial score (nSPS) is 12.4. The van der Waals surface area contributed by atoms with Gasteiger partial charge in [-0.2, -0.15) is 13.2 Å². The molecule has 0 aliphatic rings. The van der Waals surface area contributed by atoms with Crippen LogP contribution in [0.1, 0.15) is 5.56 Å². The highest BCUT2D eigenvalue weighted by atomic mass is 35.5. The molecule has 20 heavy (non-hydrogen) atoms. The first-order valence-electron chi connectivity index (χ1n) is 5.21. The Balaban J connectivity index is 0.00000361. The fourth-order valence-electron chi connectivity index (χ4n) is 1.33. The molecule has 0 aromatic heterocycles. The summed E-state index contributed by atoms with van der Waals surface area (Å²) in [7, 11) is 1.34. The van der Waals surface area contributed by atoms with Gasteiger partial charge < -0.3 is 20.9 Å². The van der Waals surface area contributed by atoms with Crippen molar-refractivity contribution in [2.24, 2.45) is 5.73 Å². The molecule has 1 atom stereocenters. The van der Waals surface area contributed by atoms with Crippen LogP contribution >= 0.6 is 12.4 Å². The van der Waals surface area contributed by atoms with Gasteiger partial charge in [0.05, 0.1) is 12.2 Å². The van der Waals surface area contributed by atoms with Crippen molar-refractivity contribution in [1.82, 2.24) is 0 Å². The third kappa shape index (κ3) is 4.87. The number of ether oxygens (including phenoxy) is 1. The maximum Gasteiger partial charge on any atom is 0.420 e. The molecular formula is C11H14ClF3N2O3. The number of nitrogens with two attached hydrogens (primary N) is 1. The number of carbonyl (C=O) groups excluding carboxylic acids is 1. The van der Waals surface area contributed by atoms with Gasteiger partial charge in [0.1, 0.15) is 11.8 Å². The number of benzene rings is 1. The first kappa shape index (κ1) is 18.5. The maximum atomic E-state index is 12.5.